The van der Waals surface area contributed by atoms with Crippen LogP contribution in [0.2, 0.25) is 0 Å². The Labute approximate surface area is 170 Å². The van der Waals surface area contributed by atoms with Crippen LogP contribution in [-0.2, 0) is 14.8 Å². The van der Waals surface area contributed by atoms with Crippen LogP contribution in [0.15, 0.2) is 36.4 Å². The Morgan fingerprint density at radius 1 is 1.14 bits per heavy atom. The van der Waals surface area contributed by atoms with E-state index < -0.39 is 26.9 Å². The summed E-state index contributed by atoms with van der Waals surface area (Å²) in [7, 11) is -3.90. The van der Waals surface area contributed by atoms with Gasteiger partial charge in [-0.25, -0.2) is 8.42 Å². The minimum absolute atomic E-state index is 0.116. The van der Waals surface area contributed by atoms with Gasteiger partial charge < -0.3 is 5.32 Å². The minimum atomic E-state index is -3.90. The molecule has 0 aliphatic rings. The Morgan fingerprint density at radius 3 is 2.21 bits per heavy atom. The third-order valence-corrected chi connectivity index (χ3v) is 5.87. The smallest absolute Gasteiger partial charge is 0.271 e. The van der Waals surface area contributed by atoms with E-state index in [4.69, 9.17) is 0 Å². The van der Waals surface area contributed by atoms with Crippen LogP contribution in [0, 0.1) is 30.9 Å². The second kappa shape index (κ2) is 8.60. The SMILES string of the molecule is CCC(C(=O)Nc1c(C)cccc1C)N(c1cc([N+](=O)[O-])ccc1C)S(C)(=O)=O. The zero-order chi connectivity index (χ0) is 21.9. The van der Waals surface area contributed by atoms with Crippen LogP contribution in [0.25, 0.3) is 0 Å². The topological polar surface area (TPSA) is 110 Å². The van der Waals surface area contributed by atoms with Gasteiger partial charge in [0, 0.05) is 17.8 Å². The summed E-state index contributed by atoms with van der Waals surface area (Å²) in [5.41, 5.74) is 2.71. The van der Waals surface area contributed by atoms with Crippen LogP contribution < -0.4 is 9.62 Å². The molecule has 0 bridgehead atoms. The third kappa shape index (κ3) is 4.92. The molecule has 1 atom stereocenters. The van der Waals surface area contributed by atoms with E-state index in [1.54, 1.807) is 13.8 Å². The van der Waals surface area contributed by atoms with Gasteiger partial charge in [-0.3, -0.25) is 19.2 Å². The fourth-order valence-corrected chi connectivity index (χ4v) is 4.46. The quantitative estimate of drug-likeness (QED) is 0.543. The number of hydrogen-bond acceptors (Lipinski definition) is 5. The number of rotatable bonds is 7. The Morgan fingerprint density at radius 2 is 1.72 bits per heavy atom. The molecular weight excluding hydrogens is 394 g/mol. The fraction of sp³-hybridized carbons (Fsp3) is 0.350. The summed E-state index contributed by atoms with van der Waals surface area (Å²) in [5, 5.41) is 14.0. The predicted molar refractivity (Wildman–Crippen MR) is 114 cm³/mol. The van der Waals surface area contributed by atoms with Gasteiger partial charge in [0.25, 0.3) is 5.69 Å². The van der Waals surface area contributed by atoms with E-state index in [2.05, 4.69) is 5.32 Å². The summed E-state index contributed by atoms with van der Waals surface area (Å²) in [5.74, 6) is -0.499. The van der Waals surface area contributed by atoms with Gasteiger partial charge in [-0.15, -0.1) is 0 Å². The summed E-state index contributed by atoms with van der Waals surface area (Å²) < 4.78 is 26.2. The summed E-state index contributed by atoms with van der Waals surface area (Å²) in [4.78, 5) is 23.7. The average Bonchev–Trinajstić information content (AvgIpc) is 2.62. The molecule has 0 radical (unpaired) electrons. The Balaban J connectivity index is 2.55. The summed E-state index contributed by atoms with van der Waals surface area (Å²) in [6.45, 7) is 7.04. The van der Waals surface area contributed by atoms with Gasteiger partial charge >= 0.3 is 0 Å². The molecule has 2 rings (SSSR count). The van der Waals surface area contributed by atoms with Crippen LogP contribution in [0.4, 0.5) is 17.1 Å². The molecule has 29 heavy (non-hydrogen) atoms. The zero-order valence-corrected chi connectivity index (χ0v) is 17.9. The number of aryl methyl sites for hydroxylation is 3. The van der Waals surface area contributed by atoms with E-state index in [-0.39, 0.29) is 17.8 Å². The summed E-state index contributed by atoms with van der Waals surface area (Å²) in [6, 6.07) is 8.46. The van der Waals surface area contributed by atoms with E-state index in [0.29, 0.717) is 11.3 Å². The van der Waals surface area contributed by atoms with Gasteiger partial charge in [0.2, 0.25) is 15.9 Å². The number of nitrogens with zero attached hydrogens (tertiary/aromatic N) is 2. The maximum Gasteiger partial charge on any atom is 0.271 e. The van der Waals surface area contributed by atoms with Crippen molar-refractivity contribution in [2.45, 2.75) is 40.2 Å². The fourth-order valence-electron chi connectivity index (χ4n) is 3.20. The van der Waals surface area contributed by atoms with Gasteiger partial charge in [-0.1, -0.05) is 31.2 Å². The number of hydrogen-bond donors (Lipinski definition) is 1. The molecule has 2 aromatic carbocycles. The van der Waals surface area contributed by atoms with Gasteiger partial charge in [0.05, 0.1) is 16.9 Å². The number of amides is 1. The molecule has 1 unspecified atom stereocenters. The highest BCUT2D eigenvalue weighted by atomic mass is 32.2. The van der Waals surface area contributed by atoms with E-state index >= 15 is 0 Å². The third-order valence-electron chi connectivity index (χ3n) is 4.70. The molecule has 2 aromatic rings. The lowest BCUT2D eigenvalue weighted by Crippen LogP contribution is -2.47. The maximum atomic E-state index is 13.1. The molecule has 0 aliphatic heterocycles. The van der Waals surface area contributed by atoms with E-state index in [0.717, 1.165) is 21.7 Å². The molecule has 1 N–H and O–H groups in total. The molecule has 0 fully saturated rings. The molecule has 1 amide bonds. The number of non-ortho nitro benzene ring substituents is 1. The van der Waals surface area contributed by atoms with E-state index in [9.17, 15) is 23.3 Å². The summed E-state index contributed by atoms with van der Waals surface area (Å²) >= 11 is 0. The monoisotopic (exact) mass is 419 g/mol. The number of nitro benzene ring substituents is 1. The van der Waals surface area contributed by atoms with Gasteiger partial charge in [-0.05, 0) is 43.9 Å². The number of sulfonamides is 1. The van der Waals surface area contributed by atoms with Crippen molar-refractivity contribution < 1.29 is 18.1 Å². The second-order valence-corrected chi connectivity index (χ2v) is 8.83. The van der Waals surface area contributed by atoms with Crippen LogP contribution >= 0.6 is 0 Å². The second-order valence-electron chi connectivity index (χ2n) is 6.97. The Bertz CT molecular complexity index is 1030. The number of nitrogens with one attached hydrogen (secondary N) is 1. The Hall–Kier alpha value is -2.94. The zero-order valence-electron chi connectivity index (χ0n) is 17.1. The largest absolute Gasteiger partial charge is 0.324 e. The van der Waals surface area contributed by atoms with Crippen molar-refractivity contribution in [1.82, 2.24) is 0 Å². The highest BCUT2D eigenvalue weighted by Gasteiger charge is 2.33. The molecule has 8 nitrogen and oxygen atoms in total. The minimum Gasteiger partial charge on any atom is -0.324 e. The van der Waals surface area contributed by atoms with Crippen molar-refractivity contribution in [3.05, 3.63) is 63.2 Å². The maximum absolute atomic E-state index is 13.1. The number of para-hydroxylation sites is 1. The lowest BCUT2D eigenvalue weighted by molar-refractivity contribution is -0.384. The molecule has 156 valence electrons. The molecule has 0 saturated carbocycles. The molecule has 0 spiro atoms. The first-order chi connectivity index (χ1) is 13.5. The molecule has 0 aromatic heterocycles. The van der Waals surface area contributed by atoms with Crippen LogP contribution in [0.3, 0.4) is 0 Å². The number of anilines is 2. The van der Waals surface area contributed by atoms with Gasteiger partial charge in [0.15, 0.2) is 0 Å². The standard InChI is InChI=1S/C20H25N3O5S/c1-6-17(20(24)21-19-14(3)8-7-9-15(19)4)22(29(5,27)28)18-12-16(23(25)26)11-10-13(18)2/h7-12,17H,6H2,1-5H3,(H,21,24). The molecule has 0 aliphatic carbocycles. The van der Waals surface area contributed by atoms with Crippen molar-refractivity contribution in [3.63, 3.8) is 0 Å². The average molecular weight is 420 g/mol. The highest BCUT2D eigenvalue weighted by molar-refractivity contribution is 7.92. The van der Waals surface area contributed by atoms with Crippen molar-refractivity contribution in [1.29, 1.82) is 0 Å². The van der Waals surface area contributed by atoms with Crippen LogP contribution in [0.1, 0.15) is 30.0 Å². The van der Waals surface area contributed by atoms with Crippen molar-refractivity contribution in [3.8, 4) is 0 Å². The number of nitro groups is 1. The van der Waals surface area contributed by atoms with Gasteiger partial charge in [-0.2, -0.15) is 0 Å². The first-order valence-corrected chi connectivity index (χ1v) is 10.9. The molecule has 0 saturated heterocycles. The van der Waals surface area contributed by atoms with E-state index in [1.165, 1.54) is 18.2 Å². The molecular formula is C20H25N3O5S. The van der Waals surface area contributed by atoms with E-state index in [1.807, 2.05) is 32.0 Å². The van der Waals surface area contributed by atoms with Crippen LogP contribution in [-0.4, -0.2) is 31.5 Å². The predicted octanol–water partition coefficient (Wildman–Crippen LogP) is 3.70. The number of carbonyl (C=O) groups excluding carboxylic acids is 1. The van der Waals surface area contributed by atoms with Crippen LogP contribution in [0.5, 0.6) is 0 Å². The highest BCUT2D eigenvalue weighted by Crippen LogP contribution is 2.31. The lowest BCUT2D eigenvalue weighted by atomic mass is 10.1. The first-order valence-electron chi connectivity index (χ1n) is 9.08. The first kappa shape index (κ1) is 22.4. The number of carbonyl (C=O) groups is 1. The van der Waals surface area contributed by atoms with Gasteiger partial charge in [0.1, 0.15) is 6.04 Å². The van der Waals surface area contributed by atoms with Crippen molar-refractivity contribution in [2.75, 3.05) is 15.9 Å². The molecule has 9 heteroatoms. The lowest BCUT2D eigenvalue weighted by Gasteiger charge is -2.31. The molecule has 0 heterocycles. The van der Waals surface area contributed by atoms with Crippen molar-refractivity contribution in [2.24, 2.45) is 0 Å². The normalized spacial score (nSPS) is 12.3. The Kier molecular flexibility index (Phi) is 6.63. The summed E-state index contributed by atoms with van der Waals surface area (Å²) in [6.07, 6.45) is 1.17. The number of benzene rings is 2. The van der Waals surface area contributed by atoms with Crippen molar-refractivity contribution >= 4 is 33.0 Å².